The highest BCUT2D eigenvalue weighted by Crippen LogP contribution is 2.26. The summed E-state index contributed by atoms with van der Waals surface area (Å²) in [5.41, 5.74) is 7.88. The Morgan fingerprint density at radius 3 is 2.79 bits per heavy atom. The molecule has 0 fully saturated rings. The number of benzene rings is 1. The van der Waals surface area contributed by atoms with Crippen molar-refractivity contribution >= 4 is 17.7 Å². The number of amides is 1. The second kappa shape index (κ2) is 9.65. The summed E-state index contributed by atoms with van der Waals surface area (Å²) in [5.74, 6) is 2.86. The second-order valence-corrected chi connectivity index (χ2v) is 8.08. The average Bonchev–Trinajstić information content (AvgIpc) is 3.32. The number of nitrogens with two attached hydrogens (primary N) is 1. The first-order valence-corrected chi connectivity index (χ1v) is 10.6. The van der Waals surface area contributed by atoms with Gasteiger partial charge in [0.05, 0.1) is 12.9 Å². The lowest BCUT2D eigenvalue weighted by Crippen LogP contribution is -2.15. The summed E-state index contributed by atoms with van der Waals surface area (Å²) >= 11 is 1.52. The van der Waals surface area contributed by atoms with Crippen molar-refractivity contribution in [3.63, 3.8) is 0 Å². The van der Waals surface area contributed by atoms with Crippen LogP contribution in [-0.2, 0) is 11.3 Å². The van der Waals surface area contributed by atoms with E-state index in [-0.39, 0.29) is 12.3 Å². The molecule has 0 aliphatic carbocycles. The number of aryl methyl sites for hydroxylation is 1. The van der Waals surface area contributed by atoms with Crippen molar-refractivity contribution in [3.05, 3.63) is 47.7 Å². The van der Waals surface area contributed by atoms with Crippen LogP contribution in [-0.4, -0.2) is 33.0 Å². The van der Waals surface area contributed by atoms with Crippen LogP contribution in [0.2, 0.25) is 0 Å². The van der Waals surface area contributed by atoms with Crippen LogP contribution >= 0.6 is 11.8 Å². The number of primary amides is 1. The molecular formula is C21H26N4O3S. The van der Waals surface area contributed by atoms with E-state index in [1.165, 1.54) is 22.9 Å². The lowest BCUT2D eigenvalue weighted by molar-refractivity contribution is -0.118. The van der Waals surface area contributed by atoms with Gasteiger partial charge < -0.3 is 14.9 Å². The summed E-state index contributed by atoms with van der Waals surface area (Å²) in [6.07, 6.45) is 1.78. The lowest BCUT2D eigenvalue weighted by atomic mass is 9.98. The van der Waals surface area contributed by atoms with Crippen molar-refractivity contribution in [2.75, 3.05) is 12.4 Å². The smallest absolute Gasteiger partial charge is 0.219 e. The SMILES string of the molecule is Cc1cc(OCCSc2nnc(-c3ccco3)n2CCC(N)=O)ccc1C(C)C. The molecule has 8 heteroatoms. The maximum atomic E-state index is 11.2. The van der Waals surface area contributed by atoms with Gasteiger partial charge in [-0.25, -0.2) is 0 Å². The summed E-state index contributed by atoms with van der Waals surface area (Å²) in [6, 6.07) is 9.81. The van der Waals surface area contributed by atoms with Crippen LogP contribution in [0.15, 0.2) is 46.2 Å². The molecule has 0 bridgehead atoms. The minimum absolute atomic E-state index is 0.206. The number of furan rings is 1. The van der Waals surface area contributed by atoms with Gasteiger partial charge in [-0.3, -0.25) is 9.36 Å². The number of hydrogen-bond acceptors (Lipinski definition) is 6. The molecule has 29 heavy (non-hydrogen) atoms. The summed E-state index contributed by atoms with van der Waals surface area (Å²) in [6.45, 7) is 7.41. The van der Waals surface area contributed by atoms with E-state index in [0.717, 1.165) is 5.75 Å². The van der Waals surface area contributed by atoms with Gasteiger partial charge in [0.1, 0.15) is 5.75 Å². The van der Waals surface area contributed by atoms with Crippen LogP contribution < -0.4 is 10.5 Å². The molecule has 1 aromatic carbocycles. The van der Waals surface area contributed by atoms with Crippen LogP contribution in [0.5, 0.6) is 5.75 Å². The standard InChI is InChI=1S/C21H26N4O3S/c1-14(2)17-7-6-16(13-15(17)3)27-11-12-29-21-24-23-20(18-5-4-10-28-18)25(21)9-8-19(22)26/h4-7,10,13-14H,8-9,11-12H2,1-3H3,(H2,22,26). The minimum atomic E-state index is -0.372. The lowest BCUT2D eigenvalue weighted by Gasteiger charge is -2.12. The third-order valence-corrected chi connectivity index (χ3v) is 5.42. The van der Waals surface area contributed by atoms with E-state index < -0.39 is 0 Å². The zero-order valence-corrected chi connectivity index (χ0v) is 17.7. The van der Waals surface area contributed by atoms with Gasteiger partial charge in [-0.15, -0.1) is 10.2 Å². The number of hydrogen-bond donors (Lipinski definition) is 1. The van der Waals surface area contributed by atoms with Gasteiger partial charge in [0.15, 0.2) is 16.7 Å². The summed E-state index contributed by atoms with van der Waals surface area (Å²) in [5, 5.41) is 9.17. The molecule has 0 saturated heterocycles. The average molecular weight is 415 g/mol. The van der Waals surface area contributed by atoms with Crippen LogP contribution in [0.25, 0.3) is 11.6 Å². The largest absolute Gasteiger partial charge is 0.493 e. The normalized spacial score (nSPS) is 11.2. The van der Waals surface area contributed by atoms with Gasteiger partial charge in [-0.05, 0) is 48.2 Å². The summed E-state index contributed by atoms with van der Waals surface area (Å²) in [4.78, 5) is 11.2. The Morgan fingerprint density at radius 1 is 1.31 bits per heavy atom. The Morgan fingerprint density at radius 2 is 2.14 bits per heavy atom. The molecule has 2 heterocycles. The Labute approximate surface area is 174 Å². The number of aromatic nitrogens is 3. The molecule has 0 radical (unpaired) electrons. The predicted molar refractivity (Wildman–Crippen MR) is 113 cm³/mol. The van der Waals surface area contributed by atoms with E-state index in [1.807, 2.05) is 16.7 Å². The topological polar surface area (TPSA) is 96.2 Å². The molecule has 0 saturated carbocycles. The third kappa shape index (κ3) is 5.41. The molecule has 2 N–H and O–H groups in total. The monoisotopic (exact) mass is 414 g/mol. The highest BCUT2D eigenvalue weighted by atomic mass is 32.2. The van der Waals surface area contributed by atoms with Gasteiger partial charge in [-0.2, -0.15) is 0 Å². The maximum Gasteiger partial charge on any atom is 0.219 e. The van der Waals surface area contributed by atoms with Crippen LogP contribution in [0, 0.1) is 6.92 Å². The van der Waals surface area contributed by atoms with Crippen molar-refractivity contribution in [2.45, 2.75) is 44.8 Å². The molecule has 0 atom stereocenters. The van der Waals surface area contributed by atoms with Gasteiger partial charge in [0, 0.05) is 18.7 Å². The second-order valence-electron chi connectivity index (χ2n) is 7.02. The molecular weight excluding hydrogens is 388 g/mol. The van der Waals surface area contributed by atoms with E-state index >= 15 is 0 Å². The van der Waals surface area contributed by atoms with Gasteiger partial charge in [-0.1, -0.05) is 31.7 Å². The molecule has 1 amide bonds. The van der Waals surface area contributed by atoms with Crippen molar-refractivity contribution < 1.29 is 13.9 Å². The molecule has 0 aliphatic rings. The first-order chi connectivity index (χ1) is 14.0. The van der Waals surface area contributed by atoms with Crippen molar-refractivity contribution in [3.8, 4) is 17.3 Å². The van der Waals surface area contributed by atoms with Crippen molar-refractivity contribution in [2.24, 2.45) is 5.73 Å². The maximum absolute atomic E-state index is 11.2. The molecule has 0 spiro atoms. The third-order valence-electron chi connectivity index (χ3n) is 4.49. The van der Waals surface area contributed by atoms with E-state index in [9.17, 15) is 4.79 Å². The summed E-state index contributed by atoms with van der Waals surface area (Å²) in [7, 11) is 0. The highest BCUT2D eigenvalue weighted by molar-refractivity contribution is 7.99. The Balaban J connectivity index is 1.61. The first-order valence-electron chi connectivity index (χ1n) is 9.57. The van der Waals surface area contributed by atoms with Gasteiger partial charge >= 0.3 is 0 Å². The minimum Gasteiger partial charge on any atom is -0.493 e. The Kier molecular flexibility index (Phi) is 6.98. The fourth-order valence-electron chi connectivity index (χ4n) is 3.09. The number of thioether (sulfide) groups is 1. The van der Waals surface area contributed by atoms with Crippen LogP contribution in [0.1, 0.15) is 37.3 Å². The highest BCUT2D eigenvalue weighted by Gasteiger charge is 2.17. The number of nitrogens with zero attached hydrogens (tertiary/aromatic N) is 3. The molecule has 7 nitrogen and oxygen atoms in total. The zero-order valence-electron chi connectivity index (χ0n) is 16.9. The molecule has 3 rings (SSSR count). The Hall–Kier alpha value is -2.74. The van der Waals surface area contributed by atoms with E-state index in [2.05, 4.69) is 43.1 Å². The number of carbonyl (C=O) groups excluding carboxylic acids is 1. The van der Waals surface area contributed by atoms with Gasteiger partial charge in [0.2, 0.25) is 5.91 Å². The van der Waals surface area contributed by atoms with Gasteiger partial charge in [0.25, 0.3) is 0 Å². The number of ether oxygens (including phenoxy) is 1. The molecule has 2 aromatic heterocycles. The van der Waals surface area contributed by atoms with Crippen LogP contribution in [0.4, 0.5) is 0 Å². The van der Waals surface area contributed by atoms with Crippen LogP contribution in [0.3, 0.4) is 0 Å². The number of rotatable bonds is 10. The quantitative estimate of drug-likeness (QED) is 0.398. The fraction of sp³-hybridized carbons (Fsp3) is 0.381. The van der Waals surface area contributed by atoms with E-state index in [1.54, 1.807) is 12.3 Å². The summed E-state index contributed by atoms with van der Waals surface area (Å²) < 4.78 is 13.2. The molecule has 3 aromatic rings. The Bertz CT molecular complexity index is 951. The molecule has 0 unspecified atom stereocenters. The first kappa shape index (κ1) is 21.0. The predicted octanol–water partition coefficient (Wildman–Crippen LogP) is 4.02. The molecule has 154 valence electrons. The fourth-order valence-corrected chi connectivity index (χ4v) is 3.87. The van der Waals surface area contributed by atoms with E-state index in [4.69, 9.17) is 14.9 Å². The van der Waals surface area contributed by atoms with E-state index in [0.29, 0.717) is 41.6 Å². The zero-order chi connectivity index (χ0) is 20.8. The number of carbonyl (C=O) groups is 1. The molecule has 0 aliphatic heterocycles. The van der Waals surface area contributed by atoms with Crippen molar-refractivity contribution in [1.29, 1.82) is 0 Å². The van der Waals surface area contributed by atoms with Crippen molar-refractivity contribution in [1.82, 2.24) is 14.8 Å².